The van der Waals surface area contributed by atoms with Gasteiger partial charge in [0.1, 0.15) is 13.5 Å². The van der Waals surface area contributed by atoms with Gasteiger partial charge in [-0.3, -0.25) is 9.36 Å². The maximum Gasteiger partial charge on any atom is 0.245 e. The van der Waals surface area contributed by atoms with E-state index in [-0.39, 0.29) is 5.56 Å². The number of rotatable bonds is 3. The molecule has 0 unspecified atom stereocenters. The highest BCUT2D eigenvalue weighted by atomic mass is 16.1. The van der Waals surface area contributed by atoms with Gasteiger partial charge in [-0.1, -0.05) is 6.07 Å². The van der Waals surface area contributed by atoms with Crippen molar-refractivity contribution >= 4 is 30.3 Å². The van der Waals surface area contributed by atoms with E-state index in [1.165, 1.54) is 0 Å². The second-order valence-corrected chi connectivity index (χ2v) is 4.28. The lowest BCUT2D eigenvalue weighted by Crippen LogP contribution is -2.34. The average molecular weight is 244 g/mol. The van der Waals surface area contributed by atoms with E-state index in [1.54, 1.807) is 4.57 Å². The Hall–Kier alpha value is -1.85. The van der Waals surface area contributed by atoms with E-state index in [1.807, 2.05) is 34.7 Å². The monoisotopic (exact) mass is 244 g/mol. The third-order valence-electron chi connectivity index (χ3n) is 2.97. The van der Waals surface area contributed by atoms with E-state index >= 15 is 0 Å². The number of aromatic nitrogens is 3. The number of pyridine rings is 1. The minimum Gasteiger partial charge on any atom is -0.354 e. The molecular formula is C12H17BN4O. The van der Waals surface area contributed by atoms with Crippen molar-refractivity contribution in [1.29, 1.82) is 0 Å². The molecule has 0 bridgehead atoms. The highest BCUT2D eigenvalue weighted by Gasteiger charge is 2.10. The van der Waals surface area contributed by atoms with Crippen LogP contribution in [0.15, 0.2) is 10.9 Å². The van der Waals surface area contributed by atoms with Crippen LogP contribution in [0.5, 0.6) is 0 Å². The number of anilines is 1. The van der Waals surface area contributed by atoms with Crippen molar-refractivity contribution in [3.8, 4) is 0 Å². The quantitative estimate of drug-likeness (QED) is 0.760. The Kier molecular flexibility index (Phi) is 3.36. The number of fused-ring (bicyclic) bond motifs is 1. The fourth-order valence-electron chi connectivity index (χ4n) is 2.06. The fourth-order valence-corrected chi connectivity index (χ4v) is 2.06. The van der Waals surface area contributed by atoms with Crippen molar-refractivity contribution in [3.05, 3.63) is 22.1 Å². The fraction of sp³-hybridized carbons (Fsp3) is 0.417. The Morgan fingerprint density at radius 2 is 2.11 bits per heavy atom. The van der Waals surface area contributed by atoms with Gasteiger partial charge >= 0.3 is 0 Å². The van der Waals surface area contributed by atoms with Gasteiger partial charge in [-0.15, -0.1) is 0 Å². The summed E-state index contributed by atoms with van der Waals surface area (Å²) in [5, 5.41) is 4.03. The van der Waals surface area contributed by atoms with Crippen LogP contribution < -0.4 is 16.3 Å². The Labute approximate surface area is 107 Å². The van der Waals surface area contributed by atoms with Crippen molar-refractivity contribution in [3.63, 3.8) is 0 Å². The summed E-state index contributed by atoms with van der Waals surface area (Å²) in [6.07, 6.45) is 0. The summed E-state index contributed by atoms with van der Waals surface area (Å²) in [5.41, 5.74) is 2.34. The van der Waals surface area contributed by atoms with Crippen LogP contribution >= 0.6 is 0 Å². The molecule has 0 aliphatic rings. The van der Waals surface area contributed by atoms with Crippen LogP contribution in [0.25, 0.3) is 11.0 Å². The summed E-state index contributed by atoms with van der Waals surface area (Å²) in [7, 11) is 1.82. The normalized spacial score (nSPS) is 10.8. The number of hydrogen-bond acceptors (Lipinski definition) is 4. The molecule has 0 radical (unpaired) electrons. The summed E-state index contributed by atoms with van der Waals surface area (Å²) < 4.78 is 1.69. The second kappa shape index (κ2) is 4.80. The Morgan fingerprint density at radius 1 is 1.39 bits per heavy atom. The lowest BCUT2D eigenvalue weighted by Gasteiger charge is -2.12. The summed E-state index contributed by atoms with van der Waals surface area (Å²) in [6.45, 7) is 7.25. The van der Waals surface area contributed by atoms with Gasteiger partial charge in [-0.2, -0.15) is 4.98 Å². The molecule has 0 aliphatic heterocycles. The SMILES string of the molecule is Bc1cc2c(C)nc(NCC)nc2n(CC)c1=O. The molecule has 5 nitrogen and oxygen atoms in total. The first-order chi connectivity index (χ1) is 8.58. The minimum atomic E-state index is 0.0190. The molecule has 0 amide bonds. The van der Waals surface area contributed by atoms with Gasteiger partial charge in [0.2, 0.25) is 11.5 Å². The lowest BCUT2D eigenvalue weighted by atomic mass is 9.96. The van der Waals surface area contributed by atoms with Gasteiger partial charge < -0.3 is 5.32 Å². The van der Waals surface area contributed by atoms with E-state index in [0.717, 1.165) is 23.1 Å². The van der Waals surface area contributed by atoms with Crippen molar-refractivity contribution in [2.24, 2.45) is 0 Å². The Balaban J connectivity index is 2.84. The molecule has 2 aromatic rings. The minimum absolute atomic E-state index is 0.0190. The van der Waals surface area contributed by atoms with Crippen LogP contribution in [0, 0.1) is 6.92 Å². The largest absolute Gasteiger partial charge is 0.354 e. The third kappa shape index (κ3) is 1.98. The smallest absolute Gasteiger partial charge is 0.245 e. The Morgan fingerprint density at radius 3 is 2.72 bits per heavy atom. The van der Waals surface area contributed by atoms with Crippen LogP contribution in [-0.2, 0) is 6.54 Å². The van der Waals surface area contributed by atoms with Gasteiger partial charge in [0.15, 0.2) is 0 Å². The first kappa shape index (κ1) is 12.6. The van der Waals surface area contributed by atoms with Crippen molar-refractivity contribution in [2.75, 3.05) is 11.9 Å². The highest BCUT2D eigenvalue weighted by molar-refractivity contribution is 6.32. The van der Waals surface area contributed by atoms with Crippen LogP contribution in [0.1, 0.15) is 19.5 Å². The first-order valence-corrected chi connectivity index (χ1v) is 6.21. The van der Waals surface area contributed by atoms with Crippen molar-refractivity contribution in [2.45, 2.75) is 27.3 Å². The molecule has 2 heterocycles. The molecule has 0 aliphatic carbocycles. The molecule has 0 atom stereocenters. The van der Waals surface area contributed by atoms with E-state index in [4.69, 9.17) is 0 Å². The second-order valence-electron chi connectivity index (χ2n) is 4.28. The maximum atomic E-state index is 12.1. The molecule has 0 saturated heterocycles. The number of aryl methyl sites for hydroxylation is 2. The van der Waals surface area contributed by atoms with Gasteiger partial charge in [0.05, 0.1) is 5.69 Å². The molecular weight excluding hydrogens is 227 g/mol. The zero-order valence-corrected chi connectivity index (χ0v) is 11.2. The van der Waals surface area contributed by atoms with E-state index in [0.29, 0.717) is 18.1 Å². The molecule has 1 N–H and O–H groups in total. The van der Waals surface area contributed by atoms with Gasteiger partial charge in [-0.25, -0.2) is 4.98 Å². The Bertz CT molecular complexity index is 651. The number of hydrogen-bond donors (Lipinski definition) is 1. The molecule has 0 saturated carbocycles. The molecule has 2 rings (SSSR count). The van der Waals surface area contributed by atoms with Crippen LogP contribution in [0.3, 0.4) is 0 Å². The van der Waals surface area contributed by atoms with Gasteiger partial charge in [0, 0.05) is 18.5 Å². The summed E-state index contributed by atoms with van der Waals surface area (Å²) in [4.78, 5) is 20.9. The van der Waals surface area contributed by atoms with Crippen molar-refractivity contribution < 1.29 is 0 Å². The lowest BCUT2D eigenvalue weighted by molar-refractivity contribution is 0.752. The van der Waals surface area contributed by atoms with E-state index < -0.39 is 0 Å². The molecule has 0 fully saturated rings. The van der Waals surface area contributed by atoms with Gasteiger partial charge in [-0.05, 0) is 26.2 Å². The van der Waals surface area contributed by atoms with Crippen LogP contribution in [0.2, 0.25) is 0 Å². The van der Waals surface area contributed by atoms with Gasteiger partial charge in [0.25, 0.3) is 0 Å². The molecule has 0 spiro atoms. The maximum absolute atomic E-state index is 12.1. The van der Waals surface area contributed by atoms with E-state index in [9.17, 15) is 4.79 Å². The third-order valence-corrected chi connectivity index (χ3v) is 2.97. The average Bonchev–Trinajstić information content (AvgIpc) is 2.33. The number of nitrogens with one attached hydrogen (secondary N) is 1. The number of nitrogens with zero attached hydrogens (tertiary/aromatic N) is 3. The first-order valence-electron chi connectivity index (χ1n) is 6.21. The summed E-state index contributed by atoms with van der Waals surface area (Å²) >= 11 is 0. The summed E-state index contributed by atoms with van der Waals surface area (Å²) in [6, 6.07) is 1.87. The molecule has 94 valence electrons. The van der Waals surface area contributed by atoms with Crippen molar-refractivity contribution in [1.82, 2.24) is 14.5 Å². The standard InChI is InChI=1S/C12H17BN4O/c1-4-14-12-15-7(3)8-6-9(13)11(18)17(5-2)10(8)16-12/h6H,4-5,13H2,1-3H3,(H,14,15,16). The predicted octanol–water partition coefficient (Wildman–Crippen LogP) is -0.190. The zero-order valence-electron chi connectivity index (χ0n) is 11.2. The molecule has 2 aromatic heterocycles. The molecule has 18 heavy (non-hydrogen) atoms. The zero-order chi connectivity index (χ0) is 13.3. The highest BCUT2D eigenvalue weighted by Crippen LogP contribution is 2.14. The van der Waals surface area contributed by atoms with E-state index in [2.05, 4.69) is 15.3 Å². The van der Waals surface area contributed by atoms with Crippen LogP contribution in [0.4, 0.5) is 5.95 Å². The summed E-state index contributed by atoms with van der Waals surface area (Å²) in [5.74, 6) is 0.577. The topological polar surface area (TPSA) is 59.8 Å². The molecule has 6 heteroatoms. The van der Waals surface area contributed by atoms with Crippen LogP contribution in [-0.4, -0.2) is 28.9 Å². The predicted molar refractivity (Wildman–Crippen MR) is 76.6 cm³/mol. The molecule has 0 aromatic carbocycles.